The molecule has 0 aliphatic carbocycles. The highest BCUT2D eigenvalue weighted by Gasteiger charge is 2.43. The van der Waals surface area contributed by atoms with Crippen molar-refractivity contribution in [3.05, 3.63) is 39.9 Å². The number of non-ortho nitro benzene ring substituents is 1. The number of nitro benzene ring substituents is 1. The van der Waals surface area contributed by atoms with E-state index >= 15 is 0 Å². The van der Waals surface area contributed by atoms with Crippen LogP contribution in [0.15, 0.2) is 24.3 Å². The highest BCUT2D eigenvalue weighted by Crippen LogP contribution is 2.39. The number of benzene rings is 1. The zero-order chi connectivity index (χ0) is 13.5. The standard InChI is InChI=1S/C12H16N2O3S/c1-12(2,3)18(17)13-8-11(13)9-4-6-10(7-5-9)14(15)16/h4-7,11H,8H2,1-3H3/t11-,13?,18+/m1/s1. The van der Waals surface area contributed by atoms with Gasteiger partial charge in [0.25, 0.3) is 5.69 Å². The molecule has 1 aliphatic heterocycles. The van der Waals surface area contributed by atoms with E-state index in [4.69, 9.17) is 0 Å². The number of hydrogen-bond acceptors (Lipinski definition) is 3. The van der Waals surface area contributed by atoms with Crippen molar-refractivity contribution in [1.29, 1.82) is 0 Å². The first-order valence-electron chi connectivity index (χ1n) is 5.73. The molecule has 1 saturated heterocycles. The number of nitro groups is 1. The van der Waals surface area contributed by atoms with E-state index < -0.39 is 15.9 Å². The maximum Gasteiger partial charge on any atom is 0.269 e. The Morgan fingerprint density at radius 3 is 2.33 bits per heavy atom. The first-order valence-corrected chi connectivity index (χ1v) is 6.84. The fraction of sp³-hybridized carbons (Fsp3) is 0.500. The number of hydrogen-bond donors (Lipinski definition) is 0. The van der Waals surface area contributed by atoms with Gasteiger partial charge in [0.2, 0.25) is 0 Å². The van der Waals surface area contributed by atoms with Crippen LogP contribution < -0.4 is 0 Å². The van der Waals surface area contributed by atoms with Gasteiger partial charge in [0.15, 0.2) is 0 Å². The maximum absolute atomic E-state index is 12.1. The summed E-state index contributed by atoms with van der Waals surface area (Å²) in [6.07, 6.45) is 0. The zero-order valence-corrected chi connectivity index (χ0v) is 11.4. The lowest BCUT2D eigenvalue weighted by atomic mass is 10.1. The van der Waals surface area contributed by atoms with Crippen molar-refractivity contribution < 1.29 is 9.13 Å². The summed E-state index contributed by atoms with van der Waals surface area (Å²) in [4.78, 5) is 10.1. The Labute approximate surface area is 109 Å². The highest BCUT2D eigenvalue weighted by atomic mass is 32.2. The molecule has 3 atom stereocenters. The molecule has 98 valence electrons. The van der Waals surface area contributed by atoms with Crippen molar-refractivity contribution in [2.45, 2.75) is 31.6 Å². The Balaban J connectivity index is 2.08. The average molecular weight is 268 g/mol. The molecule has 1 aromatic rings. The van der Waals surface area contributed by atoms with E-state index in [-0.39, 0.29) is 16.5 Å². The van der Waals surface area contributed by atoms with Gasteiger partial charge in [-0.25, -0.2) is 8.51 Å². The van der Waals surface area contributed by atoms with Crippen molar-refractivity contribution in [2.24, 2.45) is 0 Å². The van der Waals surface area contributed by atoms with E-state index in [1.165, 1.54) is 12.1 Å². The lowest BCUT2D eigenvalue weighted by Gasteiger charge is -2.18. The van der Waals surface area contributed by atoms with Crippen LogP contribution in [-0.2, 0) is 11.0 Å². The predicted octanol–water partition coefficient (Wildman–Crippen LogP) is 2.41. The van der Waals surface area contributed by atoms with Crippen LogP contribution in [0.2, 0.25) is 0 Å². The van der Waals surface area contributed by atoms with E-state index in [9.17, 15) is 14.3 Å². The van der Waals surface area contributed by atoms with Gasteiger partial charge < -0.3 is 0 Å². The molecule has 6 heteroatoms. The second-order valence-electron chi connectivity index (χ2n) is 5.33. The minimum absolute atomic E-state index is 0.0860. The Bertz CT molecular complexity index is 493. The molecule has 1 aromatic carbocycles. The van der Waals surface area contributed by atoms with Crippen LogP contribution in [0, 0.1) is 10.1 Å². The van der Waals surface area contributed by atoms with Gasteiger partial charge in [0.05, 0.1) is 15.7 Å². The van der Waals surface area contributed by atoms with Gasteiger partial charge in [-0.05, 0) is 26.3 Å². The van der Waals surface area contributed by atoms with Crippen LogP contribution >= 0.6 is 0 Å². The molecule has 1 fully saturated rings. The molecular formula is C12H16N2O3S. The van der Waals surface area contributed by atoms with E-state index in [1.54, 1.807) is 12.1 Å². The van der Waals surface area contributed by atoms with Gasteiger partial charge in [-0.1, -0.05) is 12.1 Å². The molecule has 2 rings (SSSR count). The quantitative estimate of drug-likeness (QED) is 0.480. The molecule has 0 radical (unpaired) electrons. The van der Waals surface area contributed by atoms with Crippen molar-refractivity contribution in [3.63, 3.8) is 0 Å². The second kappa shape index (κ2) is 4.44. The summed E-state index contributed by atoms with van der Waals surface area (Å²) in [7, 11) is -1.02. The summed E-state index contributed by atoms with van der Waals surface area (Å²) in [6, 6.07) is 6.59. The summed E-state index contributed by atoms with van der Waals surface area (Å²) >= 11 is 0. The molecule has 0 N–H and O–H groups in total. The molecule has 0 spiro atoms. The van der Waals surface area contributed by atoms with Gasteiger partial charge in [0.1, 0.15) is 11.0 Å². The minimum Gasteiger partial charge on any atom is -0.258 e. The maximum atomic E-state index is 12.1. The predicted molar refractivity (Wildman–Crippen MR) is 70.4 cm³/mol. The molecule has 18 heavy (non-hydrogen) atoms. The lowest BCUT2D eigenvalue weighted by molar-refractivity contribution is -0.384. The average Bonchev–Trinajstić information content (AvgIpc) is 3.06. The Morgan fingerprint density at radius 2 is 1.89 bits per heavy atom. The fourth-order valence-corrected chi connectivity index (χ4v) is 3.08. The minimum atomic E-state index is -1.02. The molecule has 1 aliphatic rings. The molecule has 5 nitrogen and oxygen atoms in total. The topological polar surface area (TPSA) is 63.2 Å². The van der Waals surface area contributed by atoms with E-state index in [0.717, 1.165) is 12.1 Å². The molecule has 1 unspecified atom stereocenters. The molecule has 1 heterocycles. The van der Waals surface area contributed by atoms with Crippen molar-refractivity contribution in [2.75, 3.05) is 6.54 Å². The third-order valence-electron chi connectivity index (χ3n) is 2.79. The van der Waals surface area contributed by atoms with Crippen molar-refractivity contribution >= 4 is 16.7 Å². The van der Waals surface area contributed by atoms with Crippen molar-refractivity contribution in [3.8, 4) is 0 Å². The van der Waals surface area contributed by atoms with Crippen LogP contribution in [0.5, 0.6) is 0 Å². The summed E-state index contributed by atoms with van der Waals surface area (Å²) in [5, 5.41) is 10.5. The smallest absolute Gasteiger partial charge is 0.258 e. The molecule has 0 saturated carbocycles. The van der Waals surface area contributed by atoms with Crippen LogP contribution in [0.1, 0.15) is 32.4 Å². The summed E-state index contributed by atoms with van der Waals surface area (Å²) in [5.41, 5.74) is 1.07. The lowest BCUT2D eigenvalue weighted by Crippen LogP contribution is -2.27. The normalized spacial score (nSPS) is 24.6. The van der Waals surface area contributed by atoms with Gasteiger partial charge >= 0.3 is 0 Å². The second-order valence-corrected chi connectivity index (χ2v) is 7.52. The van der Waals surface area contributed by atoms with Gasteiger partial charge in [-0.3, -0.25) is 10.1 Å². The van der Waals surface area contributed by atoms with E-state index in [2.05, 4.69) is 0 Å². The third kappa shape index (κ3) is 2.59. The van der Waals surface area contributed by atoms with Crippen LogP contribution in [0.4, 0.5) is 5.69 Å². The monoisotopic (exact) mass is 268 g/mol. The summed E-state index contributed by atoms with van der Waals surface area (Å²) in [5.74, 6) is 0. The summed E-state index contributed by atoms with van der Waals surface area (Å²) < 4.78 is 13.8. The highest BCUT2D eigenvalue weighted by molar-refractivity contribution is 7.84. The molecule has 0 aromatic heterocycles. The third-order valence-corrected chi connectivity index (χ3v) is 4.67. The Morgan fingerprint density at radius 1 is 1.33 bits per heavy atom. The SMILES string of the molecule is CC(C)(C)[S@](=O)N1C[C@@H]1c1ccc([N+](=O)[O-])cc1. The van der Waals surface area contributed by atoms with Crippen LogP contribution in [0.3, 0.4) is 0 Å². The molecule has 0 amide bonds. The molecular weight excluding hydrogens is 252 g/mol. The first-order chi connectivity index (χ1) is 8.30. The van der Waals surface area contributed by atoms with E-state index in [0.29, 0.717) is 0 Å². The largest absolute Gasteiger partial charge is 0.269 e. The van der Waals surface area contributed by atoms with Crippen LogP contribution in [-0.4, -0.2) is 24.7 Å². The zero-order valence-electron chi connectivity index (χ0n) is 10.6. The van der Waals surface area contributed by atoms with Crippen LogP contribution in [0.25, 0.3) is 0 Å². The van der Waals surface area contributed by atoms with E-state index in [1.807, 2.05) is 25.1 Å². The Kier molecular flexibility index (Phi) is 3.25. The first kappa shape index (κ1) is 13.2. The van der Waals surface area contributed by atoms with Gasteiger partial charge in [0, 0.05) is 18.7 Å². The van der Waals surface area contributed by atoms with Gasteiger partial charge in [-0.15, -0.1) is 0 Å². The van der Waals surface area contributed by atoms with Crippen molar-refractivity contribution in [1.82, 2.24) is 4.31 Å². The summed E-state index contributed by atoms with van der Waals surface area (Å²) in [6.45, 7) is 6.57. The number of nitrogens with zero attached hydrogens (tertiary/aromatic N) is 2. The van der Waals surface area contributed by atoms with Gasteiger partial charge in [-0.2, -0.15) is 0 Å². The fourth-order valence-electron chi connectivity index (χ4n) is 1.75. The molecule has 0 bridgehead atoms. The Hall–Kier alpha value is -1.27. The number of rotatable bonds is 3.